The largest absolute Gasteiger partial charge is 0.493 e. The van der Waals surface area contributed by atoms with Crippen LogP contribution < -0.4 is 10.5 Å². The number of benzene rings is 1. The molecule has 1 aromatic heterocycles. The molecule has 2 N–H and O–H groups in total. The Balaban J connectivity index is 1.89. The van der Waals surface area contributed by atoms with Crippen molar-refractivity contribution in [2.24, 2.45) is 5.73 Å². The fourth-order valence-corrected chi connectivity index (χ4v) is 3.24. The molecule has 18 heavy (non-hydrogen) atoms. The molecule has 0 bridgehead atoms. The van der Waals surface area contributed by atoms with Gasteiger partial charge in [0.15, 0.2) is 0 Å². The Morgan fingerprint density at radius 1 is 1.50 bits per heavy atom. The monoisotopic (exact) mass is 325 g/mol. The first-order valence-corrected chi connectivity index (χ1v) is 7.33. The van der Waals surface area contributed by atoms with E-state index in [1.165, 1.54) is 17.1 Å². The number of aromatic nitrogens is 2. The normalized spacial score (nSPS) is 15.2. The number of nitrogens with zero attached hydrogens (tertiary/aromatic N) is 2. The van der Waals surface area contributed by atoms with Gasteiger partial charge < -0.3 is 10.5 Å². The van der Waals surface area contributed by atoms with Crippen LogP contribution in [0.25, 0.3) is 0 Å². The molecule has 1 aromatic carbocycles. The van der Waals surface area contributed by atoms with Gasteiger partial charge in [0.05, 0.1) is 18.3 Å². The van der Waals surface area contributed by atoms with E-state index < -0.39 is 0 Å². The Labute approximate surface area is 117 Å². The molecule has 0 fully saturated rings. The number of halogens is 1. The summed E-state index contributed by atoms with van der Waals surface area (Å²) in [4.78, 5) is 0. The van der Waals surface area contributed by atoms with Gasteiger partial charge in [0.2, 0.25) is 0 Å². The summed E-state index contributed by atoms with van der Waals surface area (Å²) in [5.74, 6) is 0.997. The van der Waals surface area contributed by atoms with Crippen molar-refractivity contribution in [1.82, 2.24) is 9.59 Å². The number of ether oxygens (including phenoxy) is 1. The maximum atomic E-state index is 6.15. The molecule has 4 nitrogen and oxygen atoms in total. The minimum absolute atomic E-state index is 0.133. The molecule has 3 rings (SSSR count). The molecule has 1 atom stereocenters. The lowest BCUT2D eigenvalue weighted by Gasteiger charge is -2.12. The third-order valence-corrected chi connectivity index (χ3v) is 4.00. The lowest BCUT2D eigenvalue weighted by molar-refractivity contribution is 0.352. The Morgan fingerprint density at radius 3 is 3.17 bits per heavy atom. The molecule has 1 aliphatic rings. The summed E-state index contributed by atoms with van der Waals surface area (Å²) in [7, 11) is 0. The highest BCUT2D eigenvalue weighted by molar-refractivity contribution is 9.10. The van der Waals surface area contributed by atoms with E-state index in [9.17, 15) is 0 Å². The fraction of sp³-hybridized carbons (Fsp3) is 0.333. The first-order valence-electron chi connectivity index (χ1n) is 5.70. The quantitative estimate of drug-likeness (QED) is 0.941. The standard InChI is InChI=1S/C12H12BrN3OS/c13-9-3-7-1-2-17-12(7)8(4-9)5-10(14)11-6-18-16-15-11/h3-4,6,10H,1-2,5,14H2. The molecular weight excluding hydrogens is 314 g/mol. The van der Waals surface area contributed by atoms with E-state index in [-0.39, 0.29) is 6.04 Å². The molecule has 0 saturated heterocycles. The Kier molecular flexibility index (Phi) is 3.32. The zero-order chi connectivity index (χ0) is 12.5. The SMILES string of the molecule is NC(Cc1cc(Br)cc2c1OCC2)c1csnn1. The zero-order valence-electron chi connectivity index (χ0n) is 9.60. The summed E-state index contributed by atoms with van der Waals surface area (Å²) in [5.41, 5.74) is 9.38. The zero-order valence-corrected chi connectivity index (χ0v) is 12.0. The van der Waals surface area contributed by atoms with Crippen LogP contribution >= 0.6 is 27.5 Å². The molecule has 2 aromatic rings. The first kappa shape index (κ1) is 12.1. The van der Waals surface area contributed by atoms with Gasteiger partial charge in [-0.1, -0.05) is 20.4 Å². The van der Waals surface area contributed by atoms with Crippen molar-refractivity contribution in [3.63, 3.8) is 0 Å². The lowest BCUT2D eigenvalue weighted by Crippen LogP contribution is -2.14. The average molecular weight is 326 g/mol. The van der Waals surface area contributed by atoms with Crippen LogP contribution in [0.4, 0.5) is 0 Å². The van der Waals surface area contributed by atoms with Crippen LogP contribution in [-0.4, -0.2) is 16.2 Å². The summed E-state index contributed by atoms with van der Waals surface area (Å²) in [6.45, 7) is 0.756. The maximum absolute atomic E-state index is 6.15. The Hall–Kier alpha value is -0.980. The molecule has 6 heteroatoms. The van der Waals surface area contributed by atoms with E-state index in [0.29, 0.717) is 6.42 Å². The van der Waals surface area contributed by atoms with Gasteiger partial charge in [-0.3, -0.25) is 0 Å². The topological polar surface area (TPSA) is 61.0 Å². The lowest BCUT2D eigenvalue weighted by atomic mass is 10.0. The van der Waals surface area contributed by atoms with Crippen LogP contribution in [0, 0.1) is 0 Å². The fourth-order valence-electron chi connectivity index (χ4n) is 2.17. The van der Waals surface area contributed by atoms with Gasteiger partial charge in [0.25, 0.3) is 0 Å². The van der Waals surface area contributed by atoms with E-state index >= 15 is 0 Å². The van der Waals surface area contributed by atoms with Crippen molar-refractivity contribution in [2.45, 2.75) is 18.9 Å². The summed E-state index contributed by atoms with van der Waals surface area (Å²) in [6, 6.07) is 4.05. The number of hydrogen-bond donors (Lipinski definition) is 1. The third-order valence-electron chi connectivity index (χ3n) is 3.02. The molecule has 0 radical (unpaired) electrons. The van der Waals surface area contributed by atoms with Crippen molar-refractivity contribution < 1.29 is 4.74 Å². The first-order chi connectivity index (χ1) is 8.74. The van der Waals surface area contributed by atoms with E-state index in [1.54, 1.807) is 0 Å². The van der Waals surface area contributed by atoms with Crippen molar-refractivity contribution >= 4 is 27.5 Å². The summed E-state index contributed by atoms with van der Waals surface area (Å²) >= 11 is 4.86. The summed E-state index contributed by atoms with van der Waals surface area (Å²) in [6.07, 6.45) is 1.68. The van der Waals surface area contributed by atoms with E-state index in [1.807, 2.05) is 5.38 Å². The Bertz CT molecular complexity index is 559. The molecule has 0 spiro atoms. The number of fused-ring (bicyclic) bond motifs is 1. The van der Waals surface area contributed by atoms with Gasteiger partial charge in [-0.05, 0) is 41.2 Å². The highest BCUT2D eigenvalue weighted by Crippen LogP contribution is 2.34. The molecule has 0 aliphatic carbocycles. The van der Waals surface area contributed by atoms with E-state index in [2.05, 4.69) is 37.6 Å². The maximum Gasteiger partial charge on any atom is 0.125 e. The third kappa shape index (κ3) is 2.28. The predicted molar refractivity (Wildman–Crippen MR) is 73.9 cm³/mol. The van der Waals surface area contributed by atoms with E-state index in [4.69, 9.17) is 10.5 Å². The molecule has 2 heterocycles. The summed E-state index contributed by atoms with van der Waals surface area (Å²) in [5, 5.41) is 5.91. The number of nitrogens with two attached hydrogens (primary N) is 1. The summed E-state index contributed by atoms with van der Waals surface area (Å²) < 4.78 is 10.6. The van der Waals surface area contributed by atoms with Crippen LogP contribution in [0.15, 0.2) is 22.0 Å². The molecule has 94 valence electrons. The smallest absolute Gasteiger partial charge is 0.125 e. The number of hydrogen-bond acceptors (Lipinski definition) is 5. The van der Waals surface area contributed by atoms with Crippen LogP contribution in [0.5, 0.6) is 5.75 Å². The van der Waals surface area contributed by atoms with Gasteiger partial charge in [0, 0.05) is 16.3 Å². The molecular formula is C12H12BrN3OS. The van der Waals surface area contributed by atoms with Gasteiger partial charge in [0.1, 0.15) is 5.75 Å². The van der Waals surface area contributed by atoms with Crippen molar-refractivity contribution in [1.29, 1.82) is 0 Å². The van der Waals surface area contributed by atoms with Gasteiger partial charge in [-0.25, -0.2) is 0 Å². The molecule has 1 aliphatic heterocycles. The minimum Gasteiger partial charge on any atom is -0.493 e. The van der Waals surface area contributed by atoms with Crippen LogP contribution in [0.2, 0.25) is 0 Å². The molecule has 1 unspecified atom stereocenters. The number of rotatable bonds is 3. The molecule has 0 amide bonds. The Morgan fingerprint density at radius 2 is 2.39 bits per heavy atom. The van der Waals surface area contributed by atoms with Crippen LogP contribution in [0.3, 0.4) is 0 Å². The minimum atomic E-state index is -0.133. The van der Waals surface area contributed by atoms with Gasteiger partial charge in [-0.2, -0.15) is 0 Å². The van der Waals surface area contributed by atoms with Crippen molar-refractivity contribution in [3.8, 4) is 5.75 Å². The van der Waals surface area contributed by atoms with Gasteiger partial charge >= 0.3 is 0 Å². The van der Waals surface area contributed by atoms with E-state index in [0.717, 1.165) is 34.5 Å². The predicted octanol–water partition coefficient (Wildman–Crippen LogP) is 2.48. The highest BCUT2D eigenvalue weighted by Gasteiger charge is 2.20. The van der Waals surface area contributed by atoms with Crippen LogP contribution in [0.1, 0.15) is 22.9 Å². The second-order valence-corrected chi connectivity index (χ2v) is 5.82. The second kappa shape index (κ2) is 4.95. The van der Waals surface area contributed by atoms with Crippen LogP contribution in [-0.2, 0) is 12.8 Å². The second-order valence-electron chi connectivity index (χ2n) is 4.29. The highest BCUT2D eigenvalue weighted by atomic mass is 79.9. The van der Waals surface area contributed by atoms with Gasteiger partial charge in [-0.15, -0.1) is 5.10 Å². The average Bonchev–Trinajstić information content (AvgIpc) is 2.98. The molecule has 0 saturated carbocycles. The van der Waals surface area contributed by atoms with Crippen molar-refractivity contribution in [2.75, 3.05) is 6.61 Å². The van der Waals surface area contributed by atoms with Crippen molar-refractivity contribution in [3.05, 3.63) is 38.8 Å².